The number of aryl methyl sites for hydroxylation is 1. The molecule has 2 aromatic carbocycles. The zero-order chi connectivity index (χ0) is 18.4. The van der Waals surface area contributed by atoms with Gasteiger partial charge >= 0.3 is 0 Å². The molecule has 0 aliphatic rings. The van der Waals surface area contributed by atoms with Crippen LogP contribution in [0.2, 0.25) is 0 Å². The average Bonchev–Trinajstić information content (AvgIpc) is 3.12. The van der Waals surface area contributed by atoms with Gasteiger partial charge in [-0.1, -0.05) is 55.8 Å². The lowest BCUT2D eigenvalue weighted by Gasteiger charge is -2.05. The molecule has 0 bridgehead atoms. The van der Waals surface area contributed by atoms with Gasteiger partial charge in [0, 0.05) is 11.1 Å². The SMILES string of the molecule is CCCc1ccc(S(=O)(=O)NN=Cc2cn[nH]c2-c2ccccc2)cc1. The first-order chi connectivity index (χ1) is 12.6. The molecular weight excluding hydrogens is 348 g/mol. The fraction of sp³-hybridized carbons (Fsp3) is 0.158. The van der Waals surface area contributed by atoms with Crippen LogP contribution in [-0.2, 0) is 16.4 Å². The summed E-state index contributed by atoms with van der Waals surface area (Å²) < 4.78 is 24.7. The van der Waals surface area contributed by atoms with Crippen molar-refractivity contribution in [3.05, 3.63) is 71.9 Å². The Kier molecular flexibility index (Phi) is 5.48. The highest BCUT2D eigenvalue weighted by atomic mass is 32.2. The van der Waals surface area contributed by atoms with Gasteiger partial charge in [0.05, 0.1) is 23.0 Å². The third-order valence-corrected chi connectivity index (χ3v) is 5.12. The van der Waals surface area contributed by atoms with Gasteiger partial charge < -0.3 is 0 Å². The van der Waals surface area contributed by atoms with E-state index in [1.807, 2.05) is 42.5 Å². The predicted octanol–water partition coefficient (Wildman–Crippen LogP) is 3.34. The van der Waals surface area contributed by atoms with Gasteiger partial charge in [0.1, 0.15) is 0 Å². The number of hydrazone groups is 1. The molecule has 3 rings (SSSR count). The molecule has 0 saturated carbocycles. The minimum atomic E-state index is -3.70. The van der Waals surface area contributed by atoms with Crippen LogP contribution >= 0.6 is 0 Å². The number of nitrogens with zero attached hydrogens (tertiary/aromatic N) is 2. The lowest BCUT2D eigenvalue weighted by molar-refractivity contribution is 0.584. The molecule has 0 amide bonds. The van der Waals surface area contributed by atoms with E-state index in [0.29, 0.717) is 5.56 Å². The zero-order valence-electron chi connectivity index (χ0n) is 14.4. The number of rotatable bonds is 7. The summed E-state index contributed by atoms with van der Waals surface area (Å²) >= 11 is 0. The molecular formula is C19H20N4O2S. The summed E-state index contributed by atoms with van der Waals surface area (Å²) in [5.41, 5.74) is 3.52. The molecule has 0 radical (unpaired) electrons. The van der Waals surface area contributed by atoms with E-state index in [0.717, 1.165) is 29.7 Å². The van der Waals surface area contributed by atoms with Crippen molar-refractivity contribution in [3.63, 3.8) is 0 Å². The number of benzene rings is 2. The third-order valence-electron chi connectivity index (χ3n) is 3.88. The highest BCUT2D eigenvalue weighted by molar-refractivity contribution is 7.89. The number of H-pyrrole nitrogens is 1. The second-order valence-corrected chi connectivity index (χ2v) is 7.47. The largest absolute Gasteiger partial charge is 0.277 e. The van der Waals surface area contributed by atoms with Crippen molar-refractivity contribution in [2.24, 2.45) is 5.10 Å². The van der Waals surface area contributed by atoms with Crippen molar-refractivity contribution in [2.75, 3.05) is 0 Å². The van der Waals surface area contributed by atoms with Crippen molar-refractivity contribution >= 4 is 16.2 Å². The first-order valence-corrected chi connectivity index (χ1v) is 9.81. The Morgan fingerprint density at radius 3 is 2.54 bits per heavy atom. The molecule has 1 aromatic heterocycles. The molecule has 0 saturated heterocycles. The fourth-order valence-electron chi connectivity index (χ4n) is 2.57. The second-order valence-electron chi connectivity index (χ2n) is 5.81. The van der Waals surface area contributed by atoms with Gasteiger partial charge in [-0.05, 0) is 24.1 Å². The Labute approximate surface area is 153 Å². The van der Waals surface area contributed by atoms with Crippen molar-refractivity contribution < 1.29 is 8.42 Å². The Balaban J connectivity index is 1.73. The number of aromatic nitrogens is 2. The van der Waals surface area contributed by atoms with Gasteiger partial charge in [-0.15, -0.1) is 0 Å². The first-order valence-electron chi connectivity index (χ1n) is 8.33. The Hall–Kier alpha value is -2.93. The van der Waals surface area contributed by atoms with Crippen LogP contribution in [0.4, 0.5) is 0 Å². The van der Waals surface area contributed by atoms with Crippen LogP contribution < -0.4 is 4.83 Å². The predicted molar refractivity (Wildman–Crippen MR) is 102 cm³/mol. The topological polar surface area (TPSA) is 87.2 Å². The maximum Gasteiger partial charge on any atom is 0.276 e. The minimum Gasteiger partial charge on any atom is -0.277 e. The molecule has 3 aromatic rings. The Morgan fingerprint density at radius 1 is 1.12 bits per heavy atom. The number of hydrogen-bond donors (Lipinski definition) is 2. The molecule has 0 fully saturated rings. The lowest BCUT2D eigenvalue weighted by Crippen LogP contribution is -2.18. The molecule has 0 aliphatic heterocycles. The molecule has 1 heterocycles. The summed E-state index contributed by atoms with van der Waals surface area (Å²) in [6.07, 6.45) is 4.98. The van der Waals surface area contributed by atoms with Crippen LogP contribution in [0.15, 0.2) is 70.8 Å². The highest BCUT2D eigenvalue weighted by Gasteiger charge is 2.12. The van der Waals surface area contributed by atoms with E-state index < -0.39 is 10.0 Å². The van der Waals surface area contributed by atoms with E-state index in [4.69, 9.17) is 0 Å². The number of nitrogens with one attached hydrogen (secondary N) is 2. The molecule has 7 heteroatoms. The van der Waals surface area contributed by atoms with Gasteiger partial charge in [0.2, 0.25) is 0 Å². The van der Waals surface area contributed by atoms with E-state index in [9.17, 15) is 8.42 Å². The van der Waals surface area contributed by atoms with E-state index in [-0.39, 0.29) is 4.90 Å². The van der Waals surface area contributed by atoms with Crippen LogP contribution in [0, 0.1) is 0 Å². The highest BCUT2D eigenvalue weighted by Crippen LogP contribution is 2.19. The molecule has 0 spiro atoms. The fourth-order valence-corrected chi connectivity index (χ4v) is 3.36. The summed E-state index contributed by atoms with van der Waals surface area (Å²) in [5.74, 6) is 0. The molecule has 2 N–H and O–H groups in total. The maximum atomic E-state index is 12.3. The van der Waals surface area contributed by atoms with Crippen LogP contribution in [0.3, 0.4) is 0 Å². The van der Waals surface area contributed by atoms with E-state index in [1.54, 1.807) is 18.3 Å². The van der Waals surface area contributed by atoms with E-state index in [1.165, 1.54) is 6.21 Å². The summed E-state index contributed by atoms with van der Waals surface area (Å²) in [5, 5.41) is 10.8. The Morgan fingerprint density at radius 2 is 1.85 bits per heavy atom. The van der Waals surface area contributed by atoms with E-state index in [2.05, 4.69) is 27.1 Å². The summed E-state index contributed by atoms with van der Waals surface area (Å²) in [7, 11) is -3.70. The van der Waals surface area contributed by atoms with Crippen LogP contribution in [0.5, 0.6) is 0 Å². The van der Waals surface area contributed by atoms with Crippen molar-refractivity contribution in [3.8, 4) is 11.3 Å². The van der Waals surface area contributed by atoms with Gasteiger partial charge in [0.25, 0.3) is 10.0 Å². The number of hydrogen-bond acceptors (Lipinski definition) is 4. The molecule has 134 valence electrons. The van der Waals surface area contributed by atoms with Gasteiger partial charge in [0.15, 0.2) is 0 Å². The van der Waals surface area contributed by atoms with E-state index >= 15 is 0 Å². The summed E-state index contributed by atoms with van der Waals surface area (Å²) in [6, 6.07) is 16.5. The minimum absolute atomic E-state index is 0.185. The average molecular weight is 368 g/mol. The molecule has 0 atom stereocenters. The van der Waals surface area contributed by atoms with Crippen molar-refractivity contribution in [2.45, 2.75) is 24.7 Å². The second kappa shape index (κ2) is 7.97. The van der Waals surface area contributed by atoms with Crippen LogP contribution in [0.1, 0.15) is 24.5 Å². The molecule has 0 aliphatic carbocycles. The van der Waals surface area contributed by atoms with Crippen LogP contribution in [-0.4, -0.2) is 24.8 Å². The third kappa shape index (κ3) is 4.18. The first kappa shape index (κ1) is 17.9. The van der Waals surface area contributed by atoms with Crippen molar-refractivity contribution in [1.29, 1.82) is 0 Å². The maximum absolute atomic E-state index is 12.3. The molecule has 0 unspecified atom stereocenters. The smallest absolute Gasteiger partial charge is 0.276 e. The number of sulfonamides is 1. The molecule has 26 heavy (non-hydrogen) atoms. The quantitative estimate of drug-likeness (QED) is 0.495. The molecule has 6 nitrogen and oxygen atoms in total. The van der Waals surface area contributed by atoms with Gasteiger partial charge in [-0.2, -0.15) is 18.6 Å². The number of aromatic amines is 1. The van der Waals surface area contributed by atoms with Gasteiger partial charge in [-0.3, -0.25) is 5.10 Å². The summed E-state index contributed by atoms with van der Waals surface area (Å²) in [4.78, 5) is 2.43. The lowest BCUT2D eigenvalue weighted by atomic mass is 10.1. The summed E-state index contributed by atoms with van der Waals surface area (Å²) in [6.45, 7) is 2.08. The van der Waals surface area contributed by atoms with Crippen molar-refractivity contribution in [1.82, 2.24) is 15.0 Å². The van der Waals surface area contributed by atoms with Gasteiger partial charge in [-0.25, -0.2) is 4.83 Å². The normalized spacial score (nSPS) is 11.7. The Bertz CT molecular complexity index is 978. The monoisotopic (exact) mass is 368 g/mol. The standard InChI is InChI=1S/C19H20N4O2S/c1-2-6-15-9-11-18(12-10-15)26(24,25)23-21-14-17-13-20-22-19(17)16-7-4-3-5-8-16/h3-5,7-14,23H,2,6H2,1H3,(H,20,22). The zero-order valence-corrected chi connectivity index (χ0v) is 15.2. The van der Waals surface area contributed by atoms with Crippen LogP contribution in [0.25, 0.3) is 11.3 Å².